The number of nitrogens with zero attached hydrogens (tertiary/aromatic N) is 3. The van der Waals surface area contributed by atoms with Crippen molar-refractivity contribution in [3.63, 3.8) is 0 Å². The van der Waals surface area contributed by atoms with Gasteiger partial charge < -0.3 is 19.4 Å². The number of hydrogen-bond donors (Lipinski definition) is 1. The van der Waals surface area contributed by atoms with Crippen molar-refractivity contribution in [1.82, 2.24) is 15.3 Å². The number of aromatic nitrogens is 2. The zero-order chi connectivity index (χ0) is 20.2. The molecule has 4 rings (SSSR count). The summed E-state index contributed by atoms with van der Waals surface area (Å²) in [5.41, 5.74) is 2.17. The van der Waals surface area contributed by atoms with E-state index in [9.17, 15) is 9.18 Å². The van der Waals surface area contributed by atoms with Crippen LogP contribution in [-0.2, 0) is 4.79 Å². The molecule has 0 bridgehead atoms. The molecular weight excluding hydrogens is 375 g/mol. The van der Waals surface area contributed by atoms with Gasteiger partial charge in [0.05, 0.1) is 6.54 Å². The number of piperidine rings is 1. The van der Waals surface area contributed by atoms with E-state index in [4.69, 9.17) is 9.15 Å². The van der Waals surface area contributed by atoms with Crippen molar-refractivity contribution in [3.05, 3.63) is 47.9 Å². The Morgan fingerprint density at radius 2 is 2.03 bits per heavy atom. The van der Waals surface area contributed by atoms with Gasteiger partial charge in [-0.05, 0) is 44.0 Å². The molecule has 3 heterocycles. The SMILES string of the molecule is Cc1ccc2oc(N3CCC(C(=O)NCCOc4ccccc4F)CC3)nc2n1. The molecule has 1 aromatic carbocycles. The second-order valence-corrected chi connectivity index (χ2v) is 7.10. The predicted molar refractivity (Wildman–Crippen MR) is 106 cm³/mol. The van der Waals surface area contributed by atoms with E-state index in [0.29, 0.717) is 49.7 Å². The minimum absolute atomic E-state index is 0.00311. The van der Waals surface area contributed by atoms with Crippen molar-refractivity contribution < 1.29 is 18.3 Å². The Bertz CT molecular complexity index is 999. The van der Waals surface area contributed by atoms with E-state index >= 15 is 0 Å². The number of hydrogen-bond acceptors (Lipinski definition) is 6. The average Bonchev–Trinajstić information content (AvgIpc) is 3.15. The molecule has 0 spiro atoms. The monoisotopic (exact) mass is 398 g/mol. The van der Waals surface area contributed by atoms with Crippen LogP contribution in [0.2, 0.25) is 0 Å². The number of fused-ring (bicyclic) bond motifs is 1. The lowest BCUT2D eigenvalue weighted by atomic mass is 9.96. The quantitative estimate of drug-likeness (QED) is 0.643. The van der Waals surface area contributed by atoms with Crippen molar-refractivity contribution in [2.24, 2.45) is 5.92 Å². The molecule has 8 heteroatoms. The summed E-state index contributed by atoms with van der Waals surface area (Å²) in [6.07, 6.45) is 1.43. The van der Waals surface area contributed by atoms with Crippen LogP contribution >= 0.6 is 0 Å². The molecule has 29 heavy (non-hydrogen) atoms. The van der Waals surface area contributed by atoms with Crippen LogP contribution in [-0.4, -0.2) is 42.1 Å². The molecule has 0 radical (unpaired) electrons. The maximum atomic E-state index is 13.5. The molecule has 1 amide bonds. The number of benzene rings is 1. The van der Waals surface area contributed by atoms with E-state index < -0.39 is 5.82 Å². The molecule has 3 aromatic rings. The number of aryl methyl sites for hydroxylation is 1. The highest BCUT2D eigenvalue weighted by atomic mass is 19.1. The molecule has 152 valence electrons. The van der Waals surface area contributed by atoms with Crippen LogP contribution in [0.1, 0.15) is 18.5 Å². The summed E-state index contributed by atoms with van der Waals surface area (Å²) < 4.78 is 24.7. The minimum atomic E-state index is -0.407. The molecule has 0 atom stereocenters. The van der Waals surface area contributed by atoms with Crippen LogP contribution in [0, 0.1) is 18.7 Å². The summed E-state index contributed by atoms with van der Waals surface area (Å²) in [7, 11) is 0. The second-order valence-electron chi connectivity index (χ2n) is 7.10. The van der Waals surface area contributed by atoms with E-state index in [0.717, 1.165) is 5.69 Å². The molecule has 1 aliphatic rings. The Morgan fingerprint density at radius 1 is 1.24 bits per heavy atom. The lowest BCUT2D eigenvalue weighted by molar-refractivity contribution is -0.125. The number of pyridine rings is 1. The fourth-order valence-electron chi connectivity index (χ4n) is 3.41. The van der Waals surface area contributed by atoms with Gasteiger partial charge in [0.2, 0.25) is 11.6 Å². The number of nitrogens with one attached hydrogen (secondary N) is 1. The maximum absolute atomic E-state index is 13.5. The summed E-state index contributed by atoms with van der Waals surface area (Å²) in [5, 5.41) is 2.87. The lowest BCUT2D eigenvalue weighted by Crippen LogP contribution is -2.41. The number of oxazole rings is 1. The lowest BCUT2D eigenvalue weighted by Gasteiger charge is -2.30. The molecule has 0 saturated carbocycles. The predicted octanol–water partition coefficient (Wildman–Crippen LogP) is 3.08. The van der Waals surface area contributed by atoms with Crippen LogP contribution in [0.25, 0.3) is 11.2 Å². The van der Waals surface area contributed by atoms with Crippen molar-refractivity contribution >= 4 is 23.2 Å². The third kappa shape index (κ3) is 4.47. The number of rotatable bonds is 6. The zero-order valence-corrected chi connectivity index (χ0v) is 16.2. The number of halogens is 1. The number of amides is 1. The fourth-order valence-corrected chi connectivity index (χ4v) is 3.41. The molecule has 2 aromatic heterocycles. The van der Waals surface area contributed by atoms with Gasteiger partial charge in [0.1, 0.15) is 6.61 Å². The van der Waals surface area contributed by atoms with Crippen LogP contribution in [0.15, 0.2) is 40.8 Å². The van der Waals surface area contributed by atoms with Gasteiger partial charge in [-0.3, -0.25) is 4.79 Å². The first-order valence-electron chi connectivity index (χ1n) is 9.74. The number of anilines is 1. The van der Waals surface area contributed by atoms with Gasteiger partial charge >= 0.3 is 0 Å². The Balaban J connectivity index is 1.23. The Morgan fingerprint density at radius 3 is 2.83 bits per heavy atom. The number of carbonyl (C=O) groups is 1. The topological polar surface area (TPSA) is 80.5 Å². The van der Waals surface area contributed by atoms with E-state index in [-0.39, 0.29) is 24.2 Å². The Kier molecular flexibility index (Phi) is 5.59. The minimum Gasteiger partial charge on any atom is -0.489 e. The van der Waals surface area contributed by atoms with Gasteiger partial charge in [-0.2, -0.15) is 4.98 Å². The molecule has 1 aliphatic heterocycles. The van der Waals surface area contributed by atoms with Gasteiger partial charge in [-0.25, -0.2) is 9.37 Å². The number of para-hydroxylation sites is 1. The first-order valence-corrected chi connectivity index (χ1v) is 9.74. The Labute approximate surface area is 167 Å². The average molecular weight is 398 g/mol. The van der Waals surface area contributed by atoms with E-state index in [2.05, 4.69) is 15.3 Å². The van der Waals surface area contributed by atoms with Crippen LogP contribution < -0.4 is 15.0 Å². The molecule has 1 fully saturated rings. The normalized spacial score (nSPS) is 14.9. The van der Waals surface area contributed by atoms with E-state index in [1.165, 1.54) is 6.07 Å². The number of ether oxygens (including phenoxy) is 1. The molecule has 0 aliphatic carbocycles. The fraction of sp³-hybridized carbons (Fsp3) is 0.381. The number of carbonyl (C=O) groups excluding carboxylic acids is 1. The molecular formula is C21H23FN4O3. The largest absolute Gasteiger partial charge is 0.489 e. The smallest absolute Gasteiger partial charge is 0.299 e. The van der Waals surface area contributed by atoms with Crippen molar-refractivity contribution in [1.29, 1.82) is 0 Å². The molecule has 0 unspecified atom stereocenters. The van der Waals surface area contributed by atoms with Crippen molar-refractivity contribution in [3.8, 4) is 5.75 Å². The summed E-state index contributed by atoms with van der Waals surface area (Å²) in [6.45, 7) is 3.86. The summed E-state index contributed by atoms with van der Waals surface area (Å²) in [6, 6.07) is 10.5. The second kappa shape index (κ2) is 8.46. The van der Waals surface area contributed by atoms with Crippen molar-refractivity contribution in [2.75, 3.05) is 31.1 Å². The van der Waals surface area contributed by atoms with Gasteiger partial charge in [0.15, 0.2) is 17.1 Å². The highest BCUT2D eigenvalue weighted by Gasteiger charge is 2.27. The first kappa shape index (κ1) is 19.2. The van der Waals surface area contributed by atoms with Gasteiger partial charge in [-0.1, -0.05) is 12.1 Å². The van der Waals surface area contributed by atoms with Gasteiger partial charge in [0, 0.05) is 24.7 Å². The van der Waals surface area contributed by atoms with Crippen molar-refractivity contribution in [2.45, 2.75) is 19.8 Å². The summed E-state index contributed by atoms with van der Waals surface area (Å²) >= 11 is 0. The highest BCUT2D eigenvalue weighted by Crippen LogP contribution is 2.26. The van der Waals surface area contributed by atoms with E-state index in [1.54, 1.807) is 18.2 Å². The Hall–Kier alpha value is -3.16. The molecule has 7 nitrogen and oxygen atoms in total. The third-order valence-corrected chi connectivity index (χ3v) is 5.01. The van der Waals surface area contributed by atoms with Crippen LogP contribution in [0.3, 0.4) is 0 Å². The maximum Gasteiger partial charge on any atom is 0.299 e. The molecule has 1 N–H and O–H groups in total. The first-order chi connectivity index (χ1) is 14.1. The highest BCUT2D eigenvalue weighted by molar-refractivity contribution is 5.79. The molecule has 1 saturated heterocycles. The van der Waals surface area contributed by atoms with Crippen LogP contribution in [0.4, 0.5) is 10.4 Å². The standard InChI is InChI=1S/C21H23FN4O3/c1-14-6-7-18-19(24-14)25-21(29-18)26-11-8-15(9-12-26)20(27)23-10-13-28-17-5-3-2-4-16(17)22/h2-7,15H,8-13H2,1H3,(H,23,27). The van der Waals surface area contributed by atoms with Gasteiger partial charge in [-0.15, -0.1) is 0 Å². The third-order valence-electron chi connectivity index (χ3n) is 5.01. The zero-order valence-electron chi connectivity index (χ0n) is 16.2. The summed E-state index contributed by atoms with van der Waals surface area (Å²) in [5.74, 6) is -0.282. The van der Waals surface area contributed by atoms with E-state index in [1.807, 2.05) is 24.0 Å². The summed E-state index contributed by atoms with van der Waals surface area (Å²) in [4.78, 5) is 23.3. The van der Waals surface area contributed by atoms with Crippen LogP contribution in [0.5, 0.6) is 5.75 Å². The van der Waals surface area contributed by atoms with Gasteiger partial charge in [0.25, 0.3) is 6.01 Å².